The van der Waals surface area contributed by atoms with E-state index in [1.165, 1.54) is 19.3 Å². The van der Waals surface area contributed by atoms with E-state index in [-0.39, 0.29) is 5.54 Å². The van der Waals surface area contributed by atoms with Gasteiger partial charge in [-0.05, 0) is 41.9 Å². The van der Waals surface area contributed by atoms with Crippen LogP contribution in [0.15, 0.2) is 12.4 Å². The maximum absolute atomic E-state index is 5.93. The molecule has 4 heterocycles. The molecule has 0 aromatic carbocycles. The number of imidazole rings is 1. The van der Waals surface area contributed by atoms with Crippen molar-refractivity contribution >= 4 is 33.9 Å². The summed E-state index contributed by atoms with van der Waals surface area (Å²) in [6.07, 6.45) is 7.33. The van der Waals surface area contributed by atoms with Gasteiger partial charge < -0.3 is 11.1 Å². The molecule has 2 saturated heterocycles. The lowest BCUT2D eigenvalue weighted by Crippen LogP contribution is -2.54. The molecule has 17 heavy (non-hydrogen) atoms. The van der Waals surface area contributed by atoms with Crippen LogP contribution in [0.2, 0.25) is 0 Å². The fourth-order valence-electron chi connectivity index (χ4n) is 3.19. The topological polar surface area (TPSA) is 68.2 Å². The first-order valence-corrected chi connectivity index (χ1v) is 6.84. The highest BCUT2D eigenvalue weighted by Crippen LogP contribution is 2.47. The zero-order valence-corrected chi connectivity index (χ0v) is 11.3. The van der Waals surface area contributed by atoms with Gasteiger partial charge in [-0.15, -0.1) is 0 Å². The Morgan fingerprint density at radius 1 is 1.59 bits per heavy atom. The molecule has 88 valence electrons. The third-order valence-corrected chi connectivity index (χ3v) is 4.72. The largest absolute Gasteiger partial charge is 0.382 e. The first kappa shape index (κ1) is 10.1. The fraction of sp³-hybridized carbons (Fsp3) is 0.455. The Hall–Kier alpha value is -0.890. The number of anilines is 1. The number of rotatable bonds is 1. The quantitative estimate of drug-likeness (QED) is 0.767. The van der Waals surface area contributed by atoms with Gasteiger partial charge in [0, 0.05) is 18.4 Å². The van der Waals surface area contributed by atoms with Crippen LogP contribution in [0.5, 0.6) is 0 Å². The molecule has 2 bridgehead atoms. The Balaban J connectivity index is 2.00. The van der Waals surface area contributed by atoms with E-state index in [9.17, 15) is 0 Å². The molecule has 5 rings (SSSR count). The predicted octanol–water partition coefficient (Wildman–Crippen LogP) is 1.27. The zero-order chi connectivity index (χ0) is 11.6. The van der Waals surface area contributed by atoms with Crippen LogP contribution in [0.25, 0.3) is 5.52 Å². The lowest BCUT2D eigenvalue weighted by Gasteiger charge is -2.39. The molecule has 5 nitrogen and oxygen atoms in total. The number of hydrogen-bond donors (Lipinski definition) is 2. The van der Waals surface area contributed by atoms with Crippen LogP contribution in [0.1, 0.15) is 25.1 Å². The van der Waals surface area contributed by atoms with Gasteiger partial charge in [0.15, 0.2) is 5.82 Å². The van der Waals surface area contributed by atoms with Crippen molar-refractivity contribution < 1.29 is 0 Å². The first-order valence-electron chi connectivity index (χ1n) is 5.76. The average Bonchev–Trinajstić information content (AvgIpc) is 2.90. The Kier molecular flexibility index (Phi) is 1.84. The molecule has 2 aromatic rings. The number of nitrogens with two attached hydrogens (primary N) is 1. The third-order valence-electron chi connectivity index (χ3n) is 3.96. The highest BCUT2D eigenvalue weighted by atomic mass is 127. The van der Waals surface area contributed by atoms with E-state index in [2.05, 4.69) is 37.3 Å². The summed E-state index contributed by atoms with van der Waals surface area (Å²) in [5.74, 6) is 1.65. The number of fused-ring (bicyclic) bond motifs is 2. The second kappa shape index (κ2) is 3.11. The van der Waals surface area contributed by atoms with Crippen LogP contribution in [-0.2, 0) is 5.54 Å². The number of halogens is 1. The monoisotopic (exact) mass is 341 g/mol. The first-order chi connectivity index (χ1) is 8.20. The molecule has 2 atom stereocenters. The Labute approximate surface area is 112 Å². The summed E-state index contributed by atoms with van der Waals surface area (Å²) in [6.45, 7) is 0. The van der Waals surface area contributed by atoms with Gasteiger partial charge in [-0.1, -0.05) is 0 Å². The van der Waals surface area contributed by atoms with Crippen LogP contribution in [-0.4, -0.2) is 20.4 Å². The maximum Gasteiger partial charge on any atom is 0.150 e. The number of hydrogen-bond acceptors (Lipinski definition) is 4. The molecule has 6 heteroatoms. The number of aromatic nitrogens is 3. The molecule has 0 amide bonds. The molecule has 2 aliphatic heterocycles. The van der Waals surface area contributed by atoms with Gasteiger partial charge in [0.05, 0.1) is 5.54 Å². The van der Waals surface area contributed by atoms with Crippen molar-refractivity contribution in [3.63, 3.8) is 0 Å². The van der Waals surface area contributed by atoms with Crippen LogP contribution >= 0.6 is 22.6 Å². The van der Waals surface area contributed by atoms with Crippen molar-refractivity contribution in [1.29, 1.82) is 0 Å². The maximum atomic E-state index is 5.93. The Morgan fingerprint density at radius 3 is 3.12 bits per heavy atom. The van der Waals surface area contributed by atoms with Crippen molar-refractivity contribution in [2.45, 2.75) is 30.8 Å². The molecule has 0 radical (unpaired) electrons. The van der Waals surface area contributed by atoms with E-state index < -0.39 is 0 Å². The highest BCUT2D eigenvalue weighted by Gasteiger charge is 2.53. The highest BCUT2D eigenvalue weighted by molar-refractivity contribution is 14.1. The number of nitrogens with one attached hydrogen (secondary N) is 1. The van der Waals surface area contributed by atoms with Gasteiger partial charge in [0.2, 0.25) is 0 Å². The van der Waals surface area contributed by atoms with Crippen molar-refractivity contribution in [1.82, 2.24) is 19.7 Å². The third kappa shape index (κ3) is 1.17. The average molecular weight is 341 g/mol. The number of nitrogen functional groups attached to an aromatic ring is 1. The zero-order valence-electron chi connectivity index (χ0n) is 9.15. The van der Waals surface area contributed by atoms with Gasteiger partial charge in [0.1, 0.15) is 15.0 Å². The van der Waals surface area contributed by atoms with Gasteiger partial charge in [-0.2, -0.15) is 0 Å². The summed E-state index contributed by atoms with van der Waals surface area (Å²) in [5.41, 5.74) is 6.96. The standard InChI is InChI=1S/C11H12IN5/c12-8-7-9(13)14-3-4-17(7)10(15-8)11-2-1-6(5-11)16-11/h3-4,6,16H,1-2,5H2,(H2,13,14). The van der Waals surface area contributed by atoms with Crippen molar-refractivity contribution in [3.05, 3.63) is 21.9 Å². The molecule has 3 fully saturated rings. The van der Waals surface area contributed by atoms with Gasteiger partial charge >= 0.3 is 0 Å². The molecule has 0 spiro atoms. The van der Waals surface area contributed by atoms with E-state index in [0.717, 1.165) is 15.0 Å². The predicted molar refractivity (Wildman–Crippen MR) is 72.6 cm³/mol. The normalized spacial score (nSPS) is 30.8. The lowest BCUT2D eigenvalue weighted by molar-refractivity contribution is 0.211. The summed E-state index contributed by atoms with van der Waals surface area (Å²) >= 11 is 2.24. The van der Waals surface area contributed by atoms with Crippen LogP contribution in [0.3, 0.4) is 0 Å². The summed E-state index contributed by atoms with van der Waals surface area (Å²) in [6, 6.07) is 0.694. The van der Waals surface area contributed by atoms with E-state index in [1.807, 2.05) is 6.20 Å². The van der Waals surface area contributed by atoms with E-state index >= 15 is 0 Å². The fourth-order valence-corrected chi connectivity index (χ4v) is 3.95. The van der Waals surface area contributed by atoms with E-state index in [0.29, 0.717) is 11.9 Å². The van der Waals surface area contributed by atoms with Gasteiger partial charge in [-0.25, -0.2) is 9.97 Å². The van der Waals surface area contributed by atoms with Crippen LogP contribution < -0.4 is 11.1 Å². The molecular weight excluding hydrogens is 329 g/mol. The SMILES string of the molecule is Nc1nccn2c(C34CCC(C3)N4)nc(I)c12. The van der Waals surface area contributed by atoms with Gasteiger partial charge in [0.25, 0.3) is 0 Å². The Bertz CT molecular complexity index is 608. The molecule has 2 aromatic heterocycles. The minimum absolute atomic E-state index is 0.0881. The second-order valence-electron chi connectivity index (χ2n) is 4.92. The van der Waals surface area contributed by atoms with E-state index in [4.69, 9.17) is 10.7 Å². The minimum atomic E-state index is 0.0881. The molecule has 1 aliphatic carbocycles. The molecule has 1 saturated carbocycles. The summed E-state index contributed by atoms with van der Waals surface area (Å²) < 4.78 is 3.04. The van der Waals surface area contributed by atoms with Crippen molar-refractivity contribution in [2.24, 2.45) is 0 Å². The smallest absolute Gasteiger partial charge is 0.150 e. The molecule has 2 unspecified atom stereocenters. The lowest BCUT2D eigenvalue weighted by atomic mass is 9.89. The molecular formula is C11H12IN5. The Morgan fingerprint density at radius 2 is 2.41 bits per heavy atom. The van der Waals surface area contributed by atoms with Crippen LogP contribution in [0.4, 0.5) is 5.82 Å². The number of nitrogens with zero attached hydrogens (tertiary/aromatic N) is 3. The van der Waals surface area contributed by atoms with Crippen molar-refractivity contribution in [2.75, 3.05) is 5.73 Å². The minimum Gasteiger partial charge on any atom is -0.382 e. The molecule has 3 N–H and O–H groups in total. The van der Waals surface area contributed by atoms with Gasteiger partial charge in [-0.3, -0.25) is 4.40 Å². The van der Waals surface area contributed by atoms with Crippen molar-refractivity contribution in [3.8, 4) is 0 Å². The van der Waals surface area contributed by atoms with Crippen LogP contribution in [0, 0.1) is 3.70 Å². The second-order valence-corrected chi connectivity index (χ2v) is 5.95. The summed E-state index contributed by atoms with van der Waals surface area (Å²) in [7, 11) is 0. The summed E-state index contributed by atoms with van der Waals surface area (Å²) in [4.78, 5) is 8.84. The molecule has 3 aliphatic rings. The summed E-state index contributed by atoms with van der Waals surface area (Å²) in [5, 5.41) is 3.62. The van der Waals surface area contributed by atoms with E-state index in [1.54, 1.807) is 6.20 Å².